The fourth-order valence-electron chi connectivity index (χ4n) is 2.27. The summed E-state index contributed by atoms with van der Waals surface area (Å²) in [6.45, 7) is -0.335. The highest BCUT2D eigenvalue weighted by Gasteiger charge is 2.15. The van der Waals surface area contributed by atoms with Crippen molar-refractivity contribution in [2.24, 2.45) is 0 Å². The minimum Gasteiger partial charge on any atom is -0.477 e. The molecule has 132 valence electrons. The van der Waals surface area contributed by atoms with E-state index in [0.29, 0.717) is 5.13 Å². The van der Waals surface area contributed by atoms with Crippen LogP contribution in [0.2, 0.25) is 0 Å². The van der Waals surface area contributed by atoms with E-state index in [0.717, 1.165) is 16.9 Å². The fraction of sp³-hybridized carbons (Fsp3) is 0.111. The smallest absolute Gasteiger partial charge is 0.310 e. The molecule has 0 aliphatic carbocycles. The van der Waals surface area contributed by atoms with Gasteiger partial charge in [-0.2, -0.15) is 0 Å². The molecule has 0 aliphatic heterocycles. The fourth-order valence-corrected chi connectivity index (χ4v) is 3.14. The van der Waals surface area contributed by atoms with Gasteiger partial charge >= 0.3 is 5.69 Å². The molecule has 1 N–H and O–H groups in total. The molecule has 8 heteroatoms. The maximum absolute atomic E-state index is 12.0. The Morgan fingerprint density at radius 2 is 1.88 bits per heavy atom. The standard InChI is InChI=1S/C18H15N3O4S/c22-17(12-25-16-9-5-4-8-15(16)21(23)24)20-18-19-11-14(26-18)10-13-6-2-1-3-7-13/h1-9,11H,10,12H2,(H,19,20,22). The van der Waals surface area contributed by atoms with Gasteiger partial charge in [-0.3, -0.25) is 20.2 Å². The lowest BCUT2D eigenvalue weighted by molar-refractivity contribution is -0.385. The Balaban J connectivity index is 1.55. The number of thiazole rings is 1. The lowest BCUT2D eigenvalue weighted by atomic mass is 10.1. The zero-order valence-corrected chi connectivity index (χ0v) is 14.4. The third-order valence-corrected chi connectivity index (χ3v) is 4.35. The maximum atomic E-state index is 12.0. The zero-order chi connectivity index (χ0) is 18.4. The first-order valence-corrected chi connectivity index (χ1v) is 8.58. The van der Waals surface area contributed by atoms with E-state index >= 15 is 0 Å². The third kappa shape index (κ3) is 4.64. The van der Waals surface area contributed by atoms with Crippen molar-refractivity contribution >= 4 is 28.1 Å². The minimum atomic E-state index is -0.552. The summed E-state index contributed by atoms with van der Waals surface area (Å²) in [5.41, 5.74) is 0.980. The summed E-state index contributed by atoms with van der Waals surface area (Å²) in [7, 11) is 0. The summed E-state index contributed by atoms with van der Waals surface area (Å²) >= 11 is 1.38. The third-order valence-electron chi connectivity index (χ3n) is 3.44. The monoisotopic (exact) mass is 369 g/mol. The number of rotatable bonds is 7. The van der Waals surface area contributed by atoms with Gasteiger partial charge in [-0.25, -0.2) is 4.98 Å². The highest BCUT2D eigenvalue weighted by Crippen LogP contribution is 2.26. The van der Waals surface area contributed by atoms with Crippen LogP contribution >= 0.6 is 11.3 Å². The Hall–Kier alpha value is -3.26. The van der Waals surface area contributed by atoms with Crippen molar-refractivity contribution in [3.8, 4) is 5.75 Å². The number of para-hydroxylation sites is 2. The summed E-state index contributed by atoms with van der Waals surface area (Å²) in [6, 6.07) is 15.9. The van der Waals surface area contributed by atoms with Crippen LogP contribution in [0.5, 0.6) is 5.75 Å². The van der Waals surface area contributed by atoms with E-state index < -0.39 is 10.8 Å². The number of nitro benzene ring substituents is 1. The molecule has 0 bridgehead atoms. The highest BCUT2D eigenvalue weighted by molar-refractivity contribution is 7.15. The van der Waals surface area contributed by atoms with Crippen LogP contribution in [-0.4, -0.2) is 22.4 Å². The summed E-state index contributed by atoms with van der Waals surface area (Å²) in [5, 5.41) is 14.0. The maximum Gasteiger partial charge on any atom is 0.310 e. The molecule has 0 fully saturated rings. The van der Waals surface area contributed by atoms with Gasteiger partial charge in [0.1, 0.15) is 0 Å². The van der Waals surface area contributed by atoms with Gasteiger partial charge in [-0.1, -0.05) is 42.5 Å². The summed E-state index contributed by atoms with van der Waals surface area (Å²) < 4.78 is 5.26. The second-order valence-electron chi connectivity index (χ2n) is 5.36. The summed E-state index contributed by atoms with van der Waals surface area (Å²) in [6.07, 6.45) is 2.46. The van der Waals surface area contributed by atoms with Crippen molar-refractivity contribution < 1.29 is 14.5 Å². The molecule has 1 heterocycles. The number of nitrogens with one attached hydrogen (secondary N) is 1. The lowest BCUT2D eigenvalue weighted by Crippen LogP contribution is -2.20. The van der Waals surface area contributed by atoms with Crippen molar-refractivity contribution in [2.75, 3.05) is 11.9 Å². The molecule has 0 aliphatic rings. The molecule has 1 amide bonds. The second kappa shape index (κ2) is 8.21. The van der Waals surface area contributed by atoms with Crippen molar-refractivity contribution in [2.45, 2.75) is 6.42 Å². The van der Waals surface area contributed by atoms with Gasteiger partial charge in [0.05, 0.1) is 4.92 Å². The first kappa shape index (κ1) is 17.6. The summed E-state index contributed by atoms with van der Waals surface area (Å²) in [5.74, 6) is -0.375. The molecule has 1 aromatic heterocycles. The van der Waals surface area contributed by atoms with E-state index in [-0.39, 0.29) is 18.0 Å². The molecule has 0 atom stereocenters. The SMILES string of the molecule is O=C(COc1ccccc1[N+](=O)[O-])Nc1ncc(Cc2ccccc2)s1. The molecular formula is C18H15N3O4S. The topological polar surface area (TPSA) is 94.4 Å². The van der Waals surface area contributed by atoms with E-state index in [2.05, 4.69) is 10.3 Å². The Labute approximate surface area is 153 Å². The number of benzene rings is 2. The molecule has 0 radical (unpaired) electrons. The first-order chi connectivity index (χ1) is 12.6. The lowest BCUT2D eigenvalue weighted by Gasteiger charge is -2.06. The molecule has 0 saturated carbocycles. The van der Waals surface area contributed by atoms with Crippen LogP contribution < -0.4 is 10.1 Å². The number of ether oxygens (including phenoxy) is 1. The van der Waals surface area contributed by atoms with Crippen LogP contribution in [0, 0.1) is 10.1 Å². The second-order valence-corrected chi connectivity index (χ2v) is 6.47. The van der Waals surface area contributed by atoms with Crippen LogP contribution in [0.4, 0.5) is 10.8 Å². The van der Waals surface area contributed by atoms with Crippen LogP contribution in [0.15, 0.2) is 60.8 Å². The molecule has 7 nitrogen and oxygen atoms in total. The van der Waals surface area contributed by atoms with Crippen molar-refractivity contribution in [1.82, 2.24) is 4.98 Å². The molecule has 3 aromatic rings. The van der Waals surface area contributed by atoms with E-state index in [1.165, 1.54) is 29.5 Å². The Morgan fingerprint density at radius 1 is 1.15 bits per heavy atom. The minimum absolute atomic E-state index is 0.0524. The van der Waals surface area contributed by atoms with E-state index in [4.69, 9.17) is 4.74 Å². The van der Waals surface area contributed by atoms with Crippen LogP contribution in [0.1, 0.15) is 10.4 Å². The van der Waals surface area contributed by atoms with Crippen LogP contribution in [0.25, 0.3) is 0 Å². The van der Waals surface area contributed by atoms with Crippen molar-refractivity contribution in [3.63, 3.8) is 0 Å². The average Bonchev–Trinajstić information content (AvgIpc) is 3.07. The van der Waals surface area contributed by atoms with Crippen LogP contribution in [-0.2, 0) is 11.2 Å². The van der Waals surface area contributed by atoms with Crippen molar-refractivity contribution in [1.29, 1.82) is 0 Å². The largest absolute Gasteiger partial charge is 0.477 e. The number of nitro groups is 1. The number of anilines is 1. The molecule has 26 heavy (non-hydrogen) atoms. The number of carbonyl (C=O) groups is 1. The number of amides is 1. The van der Waals surface area contributed by atoms with Crippen molar-refractivity contribution in [3.05, 3.63) is 81.3 Å². The molecule has 3 rings (SSSR count). The quantitative estimate of drug-likeness (QED) is 0.507. The predicted molar refractivity (Wildman–Crippen MR) is 98.6 cm³/mol. The summed E-state index contributed by atoms with van der Waals surface area (Å²) in [4.78, 5) is 27.6. The number of aromatic nitrogens is 1. The number of nitrogens with zero attached hydrogens (tertiary/aromatic N) is 2. The number of carbonyl (C=O) groups excluding carboxylic acids is 1. The van der Waals surface area contributed by atoms with E-state index in [1.54, 1.807) is 12.3 Å². The Morgan fingerprint density at radius 3 is 2.65 bits per heavy atom. The van der Waals surface area contributed by atoms with Crippen LogP contribution in [0.3, 0.4) is 0 Å². The molecule has 0 saturated heterocycles. The molecule has 0 unspecified atom stereocenters. The normalized spacial score (nSPS) is 10.3. The van der Waals surface area contributed by atoms with Gasteiger partial charge in [0, 0.05) is 23.6 Å². The van der Waals surface area contributed by atoms with Gasteiger partial charge in [0.15, 0.2) is 17.5 Å². The van der Waals surface area contributed by atoms with Gasteiger partial charge in [0.2, 0.25) is 0 Å². The van der Waals surface area contributed by atoms with Gasteiger partial charge in [-0.15, -0.1) is 11.3 Å². The Bertz CT molecular complexity index is 912. The molecular weight excluding hydrogens is 354 g/mol. The molecule has 0 spiro atoms. The molecule has 2 aromatic carbocycles. The number of hydrogen-bond acceptors (Lipinski definition) is 6. The first-order valence-electron chi connectivity index (χ1n) is 7.76. The van der Waals surface area contributed by atoms with E-state index in [1.807, 2.05) is 30.3 Å². The number of hydrogen-bond donors (Lipinski definition) is 1. The Kier molecular flexibility index (Phi) is 5.55. The average molecular weight is 369 g/mol. The predicted octanol–water partition coefficient (Wildman–Crippen LogP) is 3.66. The van der Waals surface area contributed by atoms with Gasteiger partial charge in [0.25, 0.3) is 5.91 Å². The highest BCUT2D eigenvalue weighted by atomic mass is 32.1. The van der Waals surface area contributed by atoms with Gasteiger partial charge in [-0.05, 0) is 11.6 Å². The van der Waals surface area contributed by atoms with Gasteiger partial charge < -0.3 is 4.74 Å². The zero-order valence-electron chi connectivity index (χ0n) is 13.6. The van der Waals surface area contributed by atoms with E-state index in [9.17, 15) is 14.9 Å².